The van der Waals surface area contributed by atoms with Gasteiger partial charge in [-0.05, 0) is 36.8 Å². The van der Waals surface area contributed by atoms with Crippen molar-refractivity contribution in [3.8, 4) is 17.0 Å². The van der Waals surface area contributed by atoms with Gasteiger partial charge in [0.1, 0.15) is 11.4 Å². The minimum absolute atomic E-state index is 0.214. The summed E-state index contributed by atoms with van der Waals surface area (Å²) in [5.74, 6) is 0.352. The molecular formula is C21H27N3O2S. The SMILES string of the molecule is Cc1sc2nc(=O)c(C)nn2c1-c1cc(C(C)(C)C)c(O)c(C(C)(C)C)c1. The van der Waals surface area contributed by atoms with E-state index in [2.05, 4.69) is 51.6 Å². The number of aromatic hydroxyl groups is 1. The van der Waals surface area contributed by atoms with Crippen LogP contribution < -0.4 is 5.56 Å². The maximum Gasteiger partial charge on any atom is 0.295 e. The second-order valence-corrected chi connectivity index (χ2v) is 10.3. The molecule has 0 aliphatic rings. The van der Waals surface area contributed by atoms with Crippen molar-refractivity contribution in [2.75, 3.05) is 0 Å². The number of phenols is 1. The van der Waals surface area contributed by atoms with Gasteiger partial charge in [0.2, 0.25) is 4.96 Å². The van der Waals surface area contributed by atoms with Gasteiger partial charge in [0.05, 0.1) is 5.69 Å². The molecular weight excluding hydrogens is 358 g/mol. The zero-order valence-electron chi connectivity index (χ0n) is 17.3. The third-order valence-electron chi connectivity index (χ3n) is 4.73. The van der Waals surface area contributed by atoms with Crippen LogP contribution in [0.1, 0.15) is 63.2 Å². The van der Waals surface area contributed by atoms with Crippen LogP contribution in [0.3, 0.4) is 0 Å². The monoisotopic (exact) mass is 385 g/mol. The summed E-state index contributed by atoms with van der Waals surface area (Å²) >= 11 is 1.45. The highest BCUT2D eigenvalue weighted by atomic mass is 32.1. The van der Waals surface area contributed by atoms with Gasteiger partial charge in [0.15, 0.2) is 0 Å². The molecule has 6 heteroatoms. The topological polar surface area (TPSA) is 67.5 Å². The molecule has 1 N–H and O–H groups in total. The van der Waals surface area contributed by atoms with Gasteiger partial charge in [0, 0.05) is 21.6 Å². The van der Waals surface area contributed by atoms with Gasteiger partial charge in [-0.1, -0.05) is 52.9 Å². The number of hydrogen-bond acceptors (Lipinski definition) is 5. The number of fused-ring (bicyclic) bond motifs is 1. The van der Waals surface area contributed by atoms with Crippen molar-refractivity contribution in [1.82, 2.24) is 14.6 Å². The third kappa shape index (κ3) is 3.38. The molecule has 27 heavy (non-hydrogen) atoms. The molecule has 0 amide bonds. The fourth-order valence-corrected chi connectivity index (χ4v) is 4.16. The minimum atomic E-state index is -0.292. The van der Waals surface area contributed by atoms with Gasteiger partial charge >= 0.3 is 0 Å². The summed E-state index contributed by atoms with van der Waals surface area (Å²) in [7, 11) is 0. The Morgan fingerprint density at radius 1 is 1.00 bits per heavy atom. The van der Waals surface area contributed by atoms with E-state index in [1.807, 2.05) is 19.1 Å². The predicted molar refractivity (Wildman–Crippen MR) is 111 cm³/mol. The summed E-state index contributed by atoms with van der Waals surface area (Å²) < 4.78 is 1.75. The second kappa shape index (κ2) is 6.16. The average molecular weight is 386 g/mol. The Morgan fingerprint density at radius 3 is 2.00 bits per heavy atom. The van der Waals surface area contributed by atoms with E-state index in [0.717, 1.165) is 27.3 Å². The van der Waals surface area contributed by atoms with E-state index in [0.29, 0.717) is 16.4 Å². The fourth-order valence-electron chi connectivity index (χ4n) is 3.24. The van der Waals surface area contributed by atoms with Gasteiger partial charge < -0.3 is 5.11 Å². The van der Waals surface area contributed by atoms with E-state index >= 15 is 0 Å². The first-order valence-corrected chi connectivity index (χ1v) is 9.88. The molecule has 5 nitrogen and oxygen atoms in total. The number of phenolic OH excluding ortho intramolecular Hbond substituents is 1. The van der Waals surface area contributed by atoms with Crippen LogP contribution in [-0.4, -0.2) is 19.7 Å². The van der Waals surface area contributed by atoms with Crippen molar-refractivity contribution in [2.45, 2.75) is 66.2 Å². The molecule has 0 atom stereocenters. The number of aromatic nitrogens is 3. The van der Waals surface area contributed by atoms with Crippen LogP contribution in [0.25, 0.3) is 16.2 Å². The van der Waals surface area contributed by atoms with Crippen molar-refractivity contribution in [3.63, 3.8) is 0 Å². The molecule has 0 radical (unpaired) electrons. The number of aryl methyl sites for hydroxylation is 2. The lowest BCUT2D eigenvalue weighted by Gasteiger charge is -2.28. The average Bonchev–Trinajstić information content (AvgIpc) is 2.81. The Balaban J connectivity index is 2.42. The van der Waals surface area contributed by atoms with Crippen molar-refractivity contribution in [1.29, 1.82) is 0 Å². The van der Waals surface area contributed by atoms with Gasteiger partial charge in [-0.25, -0.2) is 4.52 Å². The van der Waals surface area contributed by atoms with Crippen LogP contribution in [-0.2, 0) is 10.8 Å². The molecule has 0 fully saturated rings. The molecule has 0 aliphatic carbocycles. The van der Waals surface area contributed by atoms with Gasteiger partial charge in [-0.15, -0.1) is 0 Å². The Hall–Kier alpha value is -2.21. The fraction of sp³-hybridized carbons (Fsp3) is 0.476. The van der Waals surface area contributed by atoms with Crippen molar-refractivity contribution >= 4 is 16.3 Å². The van der Waals surface area contributed by atoms with E-state index in [4.69, 9.17) is 0 Å². The normalized spacial score (nSPS) is 12.7. The first-order chi connectivity index (χ1) is 12.3. The van der Waals surface area contributed by atoms with E-state index in [9.17, 15) is 9.90 Å². The molecule has 3 rings (SSSR count). The molecule has 3 aromatic rings. The van der Waals surface area contributed by atoms with Gasteiger partial charge in [0.25, 0.3) is 5.56 Å². The molecule has 0 unspecified atom stereocenters. The first-order valence-electron chi connectivity index (χ1n) is 9.06. The van der Waals surface area contributed by atoms with Crippen LogP contribution in [0.2, 0.25) is 0 Å². The van der Waals surface area contributed by atoms with Crippen molar-refractivity contribution < 1.29 is 5.11 Å². The highest BCUT2D eigenvalue weighted by Crippen LogP contribution is 2.43. The number of benzene rings is 1. The highest BCUT2D eigenvalue weighted by molar-refractivity contribution is 7.17. The first kappa shape index (κ1) is 19.5. The summed E-state index contributed by atoms with van der Waals surface area (Å²) in [6, 6.07) is 4.07. The molecule has 144 valence electrons. The number of thiazole rings is 1. The summed E-state index contributed by atoms with van der Waals surface area (Å²) in [5.41, 5.74) is 3.34. The zero-order chi connectivity index (χ0) is 20.3. The number of rotatable bonds is 1. The third-order valence-corrected chi connectivity index (χ3v) is 5.67. The molecule has 1 aromatic carbocycles. The molecule has 2 heterocycles. The molecule has 0 saturated carbocycles. The number of hydrogen-bond donors (Lipinski definition) is 1. The van der Waals surface area contributed by atoms with E-state index in [1.165, 1.54) is 11.3 Å². The lowest BCUT2D eigenvalue weighted by Crippen LogP contribution is -2.18. The Labute approximate surface area is 163 Å². The van der Waals surface area contributed by atoms with Gasteiger partial charge in [-0.2, -0.15) is 10.1 Å². The van der Waals surface area contributed by atoms with Crippen LogP contribution in [0.5, 0.6) is 5.75 Å². The van der Waals surface area contributed by atoms with E-state index in [-0.39, 0.29) is 16.4 Å². The van der Waals surface area contributed by atoms with E-state index in [1.54, 1.807) is 11.4 Å². The lowest BCUT2D eigenvalue weighted by molar-refractivity contribution is 0.423. The summed E-state index contributed by atoms with van der Waals surface area (Å²) in [6.45, 7) is 16.3. The maximum absolute atomic E-state index is 11.9. The zero-order valence-corrected chi connectivity index (χ0v) is 18.1. The number of nitrogens with zero attached hydrogens (tertiary/aromatic N) is 3. The smallest absolute Gasteiger partial charge is 0.295 e. The largest absolute Gasteiger partial charge is 0.507 e. The molecule has 2 aromatic heterocycles. The van der Waals surface area contributed by atoms with Crippen LogP contribution in [0.4, 0.5) is 0 Å². The van der Waals surface area contributed by atoms with Crippen molar-refractivity contribution in [2.24, 2.45) is 0 Å². The predicted octanol–water partition coefficient (Wildman–Crippen LogP) is 4.74. The highest BCUT2D eigenvalue weighted by Gasteiger charge is 2.28. The second-order valence-electron chi connectivity index (χ2n) is 9.12. The molecule has 0 bridgehead atoms. The summed E-state index contributed by atoms with van der Waals surface area (Å²) in [5, 5.41) is 15.4. The summed E-state index contributed by atoms with van der Waals surface area (Å²) in [4.78, 5) is 17.7. The van der Waals surface area contributed by atoms with Crippen molar-refractivity contribution in [3.05, 3.63) is 44.2 Å². The van der Waals surface area contributed by atoms with Crippen LogP contribution >= 0.6 is 11.3 Å². The molecule has 0 saturated heterocycles. The minimum Gasteiger partial charge on any atom is -0.507 e. The maximum atomic E-state index is 11.9. The van der Waals surface area contributed by atoms with E-state index < -0.39 is 0 Å². The quantitative estimate of drug-likeness (QED) is 0.657. The van der Waals surface area contributed by atoms with Crippen LogP contribution in [0.15, 0.2) is 16.9 Å². The Morgan fingerprint density at radius 2 is 1.52 bits per heavy atom. The lowest BCUT2D eigenvalue weighted by atomic mass is 9.78. The Bertz CT molecular complexity index is 1060. The molecule has 0 spiro atoms. The summed E-state index contributed by atoms with van der Waals surface area (Å²) in [6.07, 6.45) is 0. The Kier molecular flexibility index (Phi) is 4.46. The molecule has 0 aliphatic heterocycles. The van der Waals surface area contributed by atoms with Gasteiger partial charge in [-0.3, -0.25) is 4.79 Å². The van der Waals surface area contributed by atoms with Crippen LogP contribution in [0, 0.1) is 13.8 Å². The standard InChI is InChI=1S/C21H27N3O2S/c1-11-18(26)22-19-24(23-11)16(12(2)27-19)13-9-14(20(3,4)5)17(25)15(10-13)21(6,7)8/h9-10,25H,1-8H3.